The maximum absolute atomic E-state index is 12.3. The molecule has 1 N–H and O–H groups in total. The number of aliphatic hydroxyl groups is 1. The van der Waals surface area contributed by atoms with Crippen LogP contribution in [0.1, 0.15) is 5.56 Å². The molecule has 0 amide bonds. The van der Waals surface area contributed by atoms with E-state index in [-0.39, 0.29) is 16.4 Å². The summed E-state index contributed by atoms with van der Waals surface area (Å²) in [6.45, 7) is 0. The van der Waals surface area contributed by atoms with Crippen LogP contribution < -0.4 is 14.2 Å². The molecule has 1 aliphatic rings. The van der Waals surface area contributed by atoms with Gasteiger partial charge >= 0.3 is 5.97 Å². The van der Waals surface area contributed by atoms with Gasteiger partial charge in [0.25, 0.3) is 0 Å². The lowest BCUT2D eigenvalue weighted by Gasteiger charge is -2.14. The van der Waals surface area contributed by atoms with Crippen molar-refractivity contribution in [2.75, 3.05) is 28.4 Å². The number of carbonyl (C=O) groups excluding carboxylic acids is 1. The highest BCUT2D eigenvalue weighted by molar-refractivity contribution is 8.18. The van der Waals surface area contributed by atoms with E-state index in [4.69, 9.17) is 30.5 Å². The van der Waals surface area contributed by atoms with Gasteiger partial charge in [-0.25, -0.2) is 9.79 Å². The summed E-state index contributed by atoms with van der Waals surface area (Å²) >= 11 is 7.16. The highest BCUT2D eigenvalue weighted by atomic mass is 35.5. The van der Waals surface area contributed by atoms with Gasteiger partial charge < -0.3 is 24.1 Å². The molecule has 31 heavy (non-hydrogen) atoms. The first-order valence-electron chi connectivity index (χ1n) is 8.98. The fourth-order valence-corrected chi connectivity index (χ4v) is 4.14. The van der Waals surface area contributed by atoms with Crippen LogP contribution in [0.3, 0.4) is 0 Å². The van der Waals surface area contributed by atoms with Gasteiger partial charge in [0.2, 0.25) is 5.75 Å². The van der Waals surface area contributed by atoms with Crippen molar-refractivity contribution in [3.63, 3.8) is 0 Å². The maximum atomic E-state index is 12.3. The van der Waals surface area contributed by atoms with Gasteiger partial charge in [0.05, 0.1) is 39.0 Å². The number of hydrogen-bond donors (Lipinski definition) is 1. The number of aliphatic imine (C=N–C) groups is 1. The van der Waals surface area contributed by atoms with E-state index in [2.05, 4.69) is 4.99 Å². The molecule has 2 aromatic rings. The number of nitrogens with zero attached hydrogens (tertiary/aromatic N) is 1. The maximum Gasteiger partial charge on any atom is 0.344 e. The zero-order chi connectivity index (χ0) is 22.5. The van der Waals surface area contributed by atoms with Gasteiger partial charge in [-0.2, -0.15) is 0 Å². The largest absolute Gasteiger partial charge is 0.506 e. The lowest BCUT2D eigenvalue weighted by Crippen LogP contribution is -2.10. The van der Waals surface area contributed by atoms with Crippen LogP contribution in [0.5, 0.6) is 17.2 Å². The number of halogens is 1. The van der Waals surface area contributed by atoms with Crippen molar-refractivity contribution in [2.24, 2.45) is 4.99 Å². The fourth-order valence-electron chi connectivity index (χ4n) is 2.93. The van der Waals surface area contributed by atoms with Crippen LogP contribution >= 0.6 is 23.4 Å². The van der Waals surface area contributed by atoms with Gasteiger partial charge in [-0.15, -0.1) is 0 Å². The molecule has 0 spiro atoms. The van der Waals surface area contributed by atoms with E-state index in [0.717, 1.165) is 11.8 Å². The summed E-state index contributed by atoms with van der Waals surface area (Å²) in [4.78, 5) is 17.2. The molecule has 0 unspecified atom stereocenters. The molecule has 7 nitrogen and oxygen atoms in total. The summed E-state index contributed by atoms with van der Waals surface area (Å²) in [5.41, 5.74) is 1.12. The summed E-state index contributed by atoms with van der Waals surface area (Å²) in [6, 6.07) is 10.3. The Hall–Kier alpha value is -3.10. The van der Waals surface area contributed by atoms with Crippen LogP contribution in [0.15, 0.2) is 57.6 Å². The van der Waals surface area contributed by atoms with Gasteiger partial charge in [-0.3, -0.25) is 0 Å². The second-order valence-electron chi connectivity index (χ2n) is 6.15. The molecule has 1 aliphatic heterocycles. The third kappa shape index (κ3) is 4.65. The second-order valence-corrected chi connectivity index (χ2v) is 7.61. The minimum absolute atomic E-state index is 0.0295. The fraction of sp³-hybridized carbons (Fsp3) is 0.182. The van der Waals surface area contributed by atoms with E-state index in [1.165, 1.54) is 28.4 Å². The highest BCUT2D eigenvalue weighted by Crippen LogP contribution is 2.44. The van der Waals surface area contributed by atoms with Crippen molar-refractivity contribution < 1.29 is 28.8 Å². The smallest absolute Gasteiger partial charge is 0.344 e. The van der Waals surface area contributed by atoms with Crippen LogP contribution in [0.4, 0.5) is 5.69 Å². The predicted octanol–water partition coefficient (Wildman–Crippen LogP) is 5.17. The number of ether oxygens (including phenoxy) is 4. The molecule has 0 saturated heterocycles. The number of methoxy groups -OCH3 is 4. The normalized spacial score (nSPS) is 16.0. The molecule has 1 heterocycles. The topological polar surface area (TPSA) is 86.6 Å². The Labute approximate surface area is 188 Å². The first kappa shape index (κ1) is 22.6. The molecule has 0 radical (unpaired) electrons. The standard InChI is InChI=1S/C22H20ClNO6S/c1-27-15-9-8-12(19(28-2)20(15)29-3)10-16-18(25)17(22(26)30-4)21(31-16)24-14-7-5-6-13(23)11-14/h5-11,25H,1-4H3. The zero-order valence-corrected chi connectivity index (χ0v) is 18.8. The summed E-state index contributed by atoms with van der Waals surface area (Å²) in [5, 5.41) is 11.6. The van der Waals surface area contributed by atoms with Gasteiger partial charge in [0, 0.05) is 10.6 Å². The molecule has 9 heteroatoms. The molecule has 0 saturated carbocycles. The van der Waals surface area contributed by atoms with Crippen LogP contribution in [0, 0.1) is 0 Å². The highest BCUT2D eigenvalue weighted by Gasteiger charge is 2.33. The van der Waals surface area contributed by atoms with Gasteiger partial charge in [0.15, 0.2) is 11.5 Å². The third-order valence-electron chi connectivity index (χ3n) is 4.34. The van der Waals surface area contributed by atoms with E-state index in [9.17, 15) is 9.90 Å². The SMILES string of the molecule is COC(=O)C1=C(O)C(=Cc2ccc(OC)c(OC)c2OC)SC1=Nc1cccc(Cl)c1. The van der Waals surface area contributed by atoms with E-state index >= 15 is 0 Å². The number of thioether (sulfide) groups is 1. The first-order valence-corrected chi connectivity index (χ1v) is 10.2. The van der Waals surface area contributed by atoms with Crippen LogP contribution in [-0.2, 0) is 9.53 Å². The van der Waals surface area contributed by atoms with Gasteiger partial charge in [-0.05, 0) is 36.4 Å². The van der Waals surface area contributed by atoms with Crippen molar-refractivity contribution in [2.45, 2.75) is 0 Å². The molecule has 162 valence electrons. The summed E-state index contributed by atoms with van der Waals surface area (Å²) in [7, 11) is 5.77. The summed E-state index contributed by atoms with van der Waals surface area (Å²) in [5.74, 6) is 0.385. The zero-order valence-electron chi connectivity index (χ0n) is 17.3. The van der Waals surface area contributed by atoms with Crippen molar-refractivity contribution in [1.82, 2.24) is 0 Å². The molecule has 3 rings (SSSR count). The average Bonchev–Trinajstić information content (AvgIpc) is 3.07. The Morgan fingerprint density at radius 3 is 2.42 bits per heavy atom. The van der Waals surface area contributed by atoms with Crippen LogP contribution in [0.25, 0.3) is 6.08 Å². The number of aliphatic hydroxyl groups excluding tert-OH is 1. The minimum atomic E-state index is -0.701. The van der Waals surface area contributed by atoms with Gasteiger partial charge in [0.1, 0.15) is 16.4 Å². The minimum Gasteiger partial charge on any atom is -0.506 e. The van der Waals surface area contributed by atoms with E-state index in [1.54, 1.807) is 42.5 Å². The predicted molar refractivity (Wildman–Crippen MR) is 122 cm³/mol. The second kappa shape index (κ2) is 9.80. The van der Waals surface area contributed by atoms with Crippen molar-refractivity contribution in [1.29, 1.82) is 0 Å². The Balaban J connectivity index is 2.12. The van der Waals surface area contributed by atoms with Crippen LogP contribution in [0.2, 0.25) is 5.02 Å². The van der Waals surface area contributed by atoms with E-state index < -0.39 is 5.97 Å². The Bertz CT molecular complexity index is 1110. The molecular formula is C22H20ClNO6S. The number of benzene rings is 2. The number of rotatable bonds is 6. The molecule has 0 atom stereocenters. The molecule has 0 aliphatic carbocycles. The van der Waals surface area contributed by atoms with E-state index in [0.29, 0.717) is 38.4 Å². The van der Waals surface area contributed by atoms with Crippen molar-refractivity contribution in [3.05, 3.63) is 63.2 Å². The van der Waals surface area contributed by atoms with Crippen molar-refractivity contribution >= 4 is 46.1 Å². The van der Waals surface area contributed by atoms with Gasteiger partial charge in [-0.1, -0.05) is 29.4 Å². The number of carbonyl (C=O) groups is 1. The average molecular weight is 462 g/mol. The van der Waals surface area contributed by atoms with E-state index in [1.807, 2.05) is 0 Å². The monoisotopic (exact) mass is 461 g/mol. The lowest BCUT2D eigenvalue weighted by atomic mass is 10.1. The molecule has 0 fully saturated rings. The van der Waals surface area contributed by atoms with Crippen LogP contribution in [-0.4, -0.2) is 44.6 Å². The Kier molecular flexibility index (Phi) is 7.14. The summed E-state index contributed by atoms with van der Waals surface area (Å²) < 4.78 is 21.0. The molecule has 0 bridgehead atoms. The summed E-state index contributed by atoms with van der Waals surface area (Å²) in [6.07, 6.45) is 1.67. The number of esters is 1. The molecule has 0 aromatic heterocycles. The number of hydrogen-bond acceptors (Lipinski definition) is 8. The first-order chi connectivity index (χ1) is 14.9. The lowest BCUT2D eigenvalue weighted by molar-refractivity contribution is -0.135. The molecule has 2 aromatic carbocycles. The molecular weight excluding hydrogens is 442 g/mol. The Morgan fingerprint density at radius 1 is 1.06 bits per heavy atom. The Morgan fingerprint density at radius 2 is 1.81 bits per heavy atom. The third-order valence-corrected chi connectivity index (χ3v) is 5.60. The van der Waals surface area contributed by atoms with Crippen molar-refractivity contribution in [3.8, 4) is 17.2 Å². The quantitative estimate of drug-likeness (QED) is 0.594.